The molecule has 0 spiro atoms. The monoisotopic (exact) mass is 701 g/mol. The standard InChI is InChI=1S/C37H24F5N3O4S/c38-36(39,21-37(40,41)42)22-50(46,47)49-32-27(19-20-29-28-13-7-8-14-30(28)48-31(29)32)23-15-17-26(18-16-23)35-44-33(24-9-3-1-4-10-24)43-34(45-35)25-11-5-2-6-12-25/h1-20H,21-22H2. The molecule has 0 fully saturated rings. The Morgan fingerprint density at radius 2 is 1.08 bits per heavy atom. The van der Waals surface area contributed by atoms with Gasteiger partial charge in [0.05, 0.1) is 0 Å². The van der Waals surface area contributed by atoms with Crippen molar-refractivity contribution in [1.82, 2.24) is 15.0 Å². The highest BCUT2D eigenvalue weighted by Crippen LogP contribution is 2.43. The number of hydrogen-bond donors (Lipinski definition) is 0. The van der Waals surface area contributed by atoms with Crippen LogP contribution in [-0.2, 0) is 10.1 Å². The summed E-state index contributed by atoms with van der Waals surface area (Å²) < 4.78 is 104. The maximum Gasteiger partial charge on any atom is 0.394 e. The molecule has 0 atom stereocenters. The van der Waals surface area contributed by atoms with Crippen molar-refractivity contribution in [3.8, 4) is 51.0 Å². The molecule has 5 aromatic carbocycles. The number of halogens is 5. The molecule has 7 nitrogen and oxygen atoms in total. The molecular weight excluding hydrogens is 677 g/mol. The molecule has 7 rings (SSSR count). The van der Waals surface area contributed by atoms with E-state index >= 15 is 0 Å². The second-order valence-electron chi connectivity index (χ2n) is 11.5. The van der Waals surface area contributed by atoms with Crippen molar-refractivity contribution < 1.29 is 39.0 Å². The summed E-state index contributed by atoms with van der Waals surface area (Å²) in [5.41, 5.74) is 2.93. The Balaban J connectivity index is 1.31. The van der Waals surface area contributed by atoms with E-state index in [1.54, 1.807) is 54.6 Å². The van der Waals surface area contributed by atoms with Crippen molar-refractivity contribution in [2.45, 2.75) is 18.5 Å². The molecule has 0 saturated carbocycles. The normalized spacial score (nSPS) is 12.4. The van der Waals surface area contributed by atoms with Gasteiger partial charge in [-0.1, -0.05) is 103 Å². The van der Waals surface area contributed by atoms with Crippen LogP contribution in [0.5, 0.6) is 5.75 Å². The van der Waals surface area contributed by atoms with Gasteiger partial charge >= 0.3 is 16.3 Å². The zero-order valence-electron chi connectivity index (χ0n) is 25.7. The number of para-hydroxylation sites is 1. The summed E-state index contributed by atoms with van der Waals surface area (Å²) in [5, 5.41) is 1.01. The average Bonchev–Trinajstić information content (AvgIpc) is 3.47. The lowest BCUT2D eigenvalue weighted by Crippen LogP contribution is -2.35. The lowest BCUT2D eigenvalue weighted by Gasteiger charge is -2.19. The molecule has 7 aromatic rings. The molecule has 2 heterocycles. The maximum atomic E-state index is 14.3. The molecule has 0 radical (unpaired) electrons. The number of aromatic nitrogens is 3. The van der Waals surface area contributed by atoms with Crippen molar-refractivity contribution in [2.75, 3.05) is 5.75 Å². The maximum absolute atomic E-state index is 14.3. The fourth-order valence-corrected chi connectivity index (χ4v) is 6.67. The summed E-state index contributed by atoms with van der Waals surface area (Å²) in [6.07, 6.45) is -7.92. The van der Waals surface area contributed by atoms with E-state index in [4.69, 9.17) is 18.6 Å². The van der Waals surface area contributed by atoms with E-state index < -0.39 is 40.1 Å². The number of benzene rings is 5. The minimum absolute atomic E-state index is 0.0760. The van der Waals surface area contributed by atoms with Gasteiger partial charge in [-0.05, 0) is 23.8 Å². The lowest BCUT2D eigenvalue weighted by atomic mass is 10.0. The van der Waals surface area contributed by atoms with Crippen molar-refractivity contribution in [3.05, 3.63) is 121 Å². The zero-order valence-corrected chi connectivity index (χ0v) is 26.6. The van der Waals surface area contributed by atoms with Gasteiger partial charge in [-0.25, -0.2) is 23.7 Å². The van der Waals surface area contributed by atoms with Crippen molar-refractivity contribution in [1.29, 1.82) is 0 Å². The molecule has 0 bridgehead atoms. The van der Waals surface area contributed by atoms with Gasteiger partial charge in [0, 0.05) is 33.0 Å². The predicted molar refractivity (Wildman–Crippen MR) is 179 cm³/mol. The summed E-state index contributed by atoms with van der Waals surface area (Å²) in [6.45, 7) is 0. The number of hydrogen-bond acceptors (Lipinski definition) is 7. The lowest BCUT2D eigenvalue weighted by molar-refractivity contribution is -0.181. The smallest absolute Gasteiger partial charge is 0.394 e. The first-order valence-corrected chi connectivity index (χ1v) is 16.7. The van der Waals surface area contributed by atoms with Crippen LogP contribution in [0.25, 0.3) is 67.2 Å². The van der Waals surface area contributed by atoms with Crippen LogP contribution in [0.15, 0.2) is 126 Å². The topological polar surface area (TPSA) is 95.2 Å². The molecule has 0 saturated heterocycles. The fourth-order valence-electron chi connectivity index (χ4n) is 5.57. The van der Waals surface area contributed by atoms with E-state index in [2.05, 4.69) is 4.98 Å². The number of furan rings is 1. The third-order valence-corrected chi connectivity index (χ3v) is 8.91. The Morgan fingerprint density at radius 1 is 0.580 bits per heavy atom. The Labute approximate surface area is 282 Å². The van der Waals surface area contributed by atoms with Gasteiger partial charge in [0.25, 0.3) is 5.92 Å². The van der Waals surface area contributed by atoms with Crippen molar-refractivity contribution >= 4 is 32.1 Å². The number of fused-ring (bicyclic) bond motifs is 3. The van der Waals surface area contributed by atoms with Gasteiger partial charge in [-0.2, -0.15) is 21.6 Å². The van der Waals surface area contributed by atoms with Gasteiger partial charge in [0.1, 0.15) is 12.0 Å². The van der Waals surface area contributed by atoms with Gasteiger partial charge < -0.3 is 8.60 Å². The summed E-state index contributed by atoms with van der Waals surface area (Å²) in [6, 6.07) is 35.3. The Hall–Kier alpha value is -5.69. The zero-order chi connectivity index (χ0) is 35.1. The molecule has 0 unspecified atom stereocenters. The van der Waals surface area contributed by atoms with Crippen molar-refractivity contribution in [3.63, 3.8) is 0 Å². The highest BCUT2D eigenvalue weighted by atomic mass is 32.2. The largest absolute Gasteiger partial charge is 0.452 e. The van der Waals surface area contributed by atoms with Gasteiger partial charge in [-0.3, -0.25) is 0 Å². The number of rotatable bonds is 9. The molecule has 0 aliphatic carbocycles. The van der Waals surface area contributed by atoms with E-state index in [1.807, 2.05) is 60.7 Å². The van der Waals surface area contributed by atoms with Crippen LogP contribution in [0.2, 0.25) is 0 Å². The Bertz CT molecular complexity index is 2380. The third-order valence-electron chi connectivity index (χ3n) is 7.71. The van der Waals surface area contributed by atoms with E-state index in [9.17, 15) is 30.4 Å². The van der Waals surface area contributed by atoms with Crippen LogP contribution in [0, 0.1) is 0 Å². The second kappa shape index (κ2) is 12.6. The number of alkyl halides is 5. The van der Waals surface area contributed by atoms with Crippen LogP contribution in [0.4, 0.5) is 22.0 Å². The molecule has 2 aromatic heterocycles. The average molecular weight is 702 g/mol. The van der Waals surface area contributed by atoms with Crippen LogP contribution >= 0.6 is 0 Å². The van der Waals surface area contributed by atoms with Gasteiger partial charge in [-0.15, -0.1) is 0 Å². The quantitative estimate of drug-likeness (QED) is 0.109. The van der Waals surface area contributed by atoms with Crippen LogP contribution in [0.1, 0.15) is 6.42 Å². The number of nitrogens with zero attached hydrogens (tertiary/aromatic N) is 3. The second-order valence-corrected chi connectivity index (χ2v) is 13.0. The molecule has 50 heavy (non-hydrogen) atoms. The van der Waals surface area contributed by atoms with E-state index in [1.165, 1.54) is 6.07 Å². The highest BCUT2D eigenvalue weighted by Gasteiger charge is 2.47. The Morgan fingerprint density at radius 3 is 1.64 bits per heavy atom. The fraction of sp³-hybridized carbons (Fsp3) is 0.108. The third kappa shape index (κ3) is 7.03. The summed E-state index contributed by atoms with van der Waals surface area (Å²) in [4.78, 5) is 14.1. The predicted octanol–water partition coefficient (Wildman–Crippen LogP) is 9.74. The van der Waals surface area contributed by atoms with Crippen LogP contribution in [0.3, 0.4) is 0 Å². The first-order valence-electron chi connectivity index (χ1n) is 15.1. The molecule has 0 N–H and O–H groups in total. The molecule has 0 aliphatic heterocycles. The molecule has 252 valence electrons. The van der Waals surface area contributed by atoms with Crippen LogP contribution < -0.4 is 4.18 Å². The summed E-state index contributed by atoms with van der Waals surface area (Å²) in [7, 11) is -5.27. The van der Waals surface area contributed by atoms with Crippen molar-refractivity contribution in [2.24, 2.45) is 0 Å². The molecule has 13 heteroatoms. The summed E-state index contributed by atoms with van der Waals surface area (Å²) >= 11 is 0. The molecule has 0 aliphatic rings. The van der Waals surface area contributed by atoms with E-state index in [0.717, 1.165) is 11.1 Å². The van der Waals surface area contributed by atoms with E-state index in [0.29, 0.717) is 45.0 Å². The first-order chi connectivity index (χ1) is 23.8. The van der Waals surface area contributed by atoms with E-state index in [-0.39, 0.29) is 11.1 Å². The molecule has 0 amide bonds. The summed E-state index contributed by atoms with van der Waals surface area (Å²) in [5.74, 6) is -6.03. The molecular formula is C37H24F5N3O4S. The highest BCUT2D eigenvalue weighted by molar-refractivity contribution is 7.87. The minimum atomic E-state index is -5.30. The Kier molecular flexibility index (Phi) is 8.30. The SMILES string of the molecule is O=S(=O)(CC(F)(F)CC(F)(F)F)Oc1c(-c2ccc(-c3nc(-c4ccccc4)nc(-c4ccccc4)n3)cc2)ccc2c1oc1ccccc12. The first kappa shape index (κ1) is 32.8. The van der Waals surface area contributed by atoms with Gasteiger partial charge in [0.15, 0.2) is 34.6 Å². The minimum Gasteiger partial charge on any atom is -0.452 e. The van der Waals surface area contributed by atoms with Crippen LogP contribution in [-0.4, -0.2) is 41.2 Å². The van der Waals surface area contributed by atoms with Gasteiger partial charge in [0.2, 0.25) is 0 Å².